The van der Waals surface area contributed by atoms with Crippen molar-refractivity contribution >= 4 is 27.3 Å². The first-order chi connectivity index (χ1) is 5.65. The molecule has 0 saturated carbocycles. The fourth-order valence-corrected chi connectivity index (χ4v) is 1.30. The van der Waals surface area contributed by atoms with Crippen molar-refractivity contribution in [2.75, 3.05) is 12.4 Å². The summed E-state index contributed by atoms with van der Waals surface area (Å²) in [6.07, 6.45) is 1.76. The van der Waals surface area contributed by atoms with Gasteiger partial charge in [0.2, 0.25) is 0 Å². The first-order valence-electron chi connectivity index (χ1n) is 3.64. The Hall–Kier alpha value is -0.830. The van der Waals surface area contributed by atoms with Crippen LogP contribution in [-0.2, 0) is 0 Å². The Labute approximate surface area is 80.8 Å². The highest BCUT2D eigenvalue weighted by Gasteiger charge is 2.02. The van der Waals surface area contributed by atoms with Gasteiger partial charge in [-0.2, -0.15) is 0 Å². The van der Waals surface area contributed by atoms with Gasteiger partial charge in [-0.3, -0.25) is 0 Å². The van der Waals surface area contributed by atoms with Gasteiger partial charge in [-0.25, -0.2) is 4.98 Å². The molecular weight excluding hydrogens is 216 g/mol. The predicted molar refractivity (Wildman–Crippen MR) is 56.2 cm³/mol. The number of hydrogen-bond acceptors (Lipinski definition) is 2. The van der Waals surface area contributed by atoms with Gasteiger partial charge in [0.15, 0.2) is 0 Å². The van der Waals surface area contributed by atoms with Crippen molar-refractivity contribution in [1.82, 2.24) is 4.98 Å². The van der Waals surface area contributed by atoms with Gasteiger partial charge in [-0.1, -0.05) is 6.58 Å². The summed E-state index contributed by atoms with van der Waals surface area (Å²) >= 11 is 3.36. The minimum atomic E-state index is 0.866. The normalized spacial score (nSPS) is 9.58. The van der Waals surface area contributed by atoms with Crippen molar-refractivity contribution in [2.24, 2.45) is 0 Å². The second-order valence-corrected chi connectivity index (χ2v) is 3.50. The van der Waals surface area contributed by atoms with Crippen LogP contribution in [0.4, 0.5) is 5.82 Å². The monoisotopic (exact) mass is 226 g/mol. The molecule has 0 unspecified atom stereocenters. The highest BCUT2D eigenvalue weighted by Crippen LogP contribution is 2.23. The van der Waals surface area contributed by atoms with Crippen LogP contribution in [0, 0.1) is 0 Å². The molecule has 1 aromatic heterocycles. The molecule has 0 saturated heterocycles. The molecule has 0 fully saturated rings. The van der Waals surface area contributed by atoms with E-state index >= 15 is 0 Å². The van der Waals surface area contributed by atoms with Gasteiger partial charge in [0, 0.05) is 23.3 Å². The Morgan fingerprint density at radius 3 is 2.83 bits per heavy atom. The maximum Gasteiger partial charge on any atom is 0.133 e. The van der Waals surface area contributed by atoms with Gasteiger partial charge in [0.1, 0.15) is 5.82 Å². The molecule has 0 bridgehead atoms. The average molecular weight is 227 g/mol. The van der Waals surface area contributed by atoms with Crippen LogP contribution in [0.1, 0.15) is 12.5 Å². The van der Waals surface area contributed by atoms with Crippen LogP contribution in [0.3, 0.4) is 0 Å². The molecule has 2 nitrogen and oxygen atoms in total. The average Bonchev–Trinajstić information content (AvgIpc) is 2.04. The number of rotatable bonds is 2. The first kappa shape index (κ1) is 9.26. The Morgan fingerprint density at radius 2 is 2.33 bits per heavy atom. The van der Waals surface area contributed by atoms with E-state index in [0.29, 0.717) is 0 Å². The summed E-state index contributed by atoms with van der Waals surface area (Å²) < 4.78 is 0.972. The van der Waals surface area contributed by atoms with E-state index in [1.54, 1.807) is 6.20 Å². The number of allylic oxidation sites excluding steroid dienone is 1. The zero-order valence-electron chi connectivity index (χ0n) is 7.19. The van der Waals surface area contributed by atoms with E-state index < -0.39 is 0 Å². The molecule has 0 aliphatic rings. The lowest BCUT2D eigenvalue weighted by Crippen LogP contribution is -1.96. The third-order valence-corrected chi connectivity index (χ3v) is 1.98. The molecule has 0 aliphatic heterocycles. The summed E-state index contributed by atoms with van der Waals surface area (Å²) in [5, 5.41) is 3.01. The number of halogens is 1. The predicted octanol–water partition coefficient (Wildman–Crippen LogP) is 2.92. The molecule has 1 heterocycles. The van der Waals surface area contributed by atoms with Crippen molar-refractivity contribution in [1.29, 1.82) is 0 Å². The van der Waals surface area contributed by atoms with Crippen LogP contribution in [0.15, 0.2) is 23.3 Å². The van der Waals surface area contributed by atoms with E-state index in [4.69, 9.17) is 0 Å². The zero-order valence-corrected chi connectivity index (χ0v) is 8.77. The van der Waals surface area contributed by atoms with Gasteiger partial charge in [-0.05, 0) is 34.5 Å². The first-order valence-corrected chi connectivity index (χ1v) is 4.43. The van der Waals surface area contributed by atoms with E-state index in [9.17, 15) is 0 Å². The Morgan fingerprint density at radius 1 is 1.67 bits per heavy atom. The summed E-state index contributed by atoms with van der Waals surface area (Å²) in [5.74, 6) is 0.866. The summed E-state index contributed by atoms with van der Waals surface area (Å²) in [7, 11) is 1.85. The SMILES string of the molecule is C=C(C)c1cc(Br)cnc1NC. The van der Waals surface area contributed by atoms with Crippen molar-refractivity contribution in [3.8, 4) is 0 Å². The number of hydrogen-bond donors (Lipinski definition) is 1. The van der Waals surface area contributed by atoms with E-state index in [1.807, 2.05) is 20.0 Å². The van der Waals surface area contributed by atoms with Gasteiger partial charge in [0.05, 0.1) is 0 Å². The molecule has 0 radical (unpaired) electrons. The highest BCUT2D eigenvalue weighted by molar-refractivity contribution is 9.10. The molecule has 1 N–H and O–H groups in total. The second kappa shape index (κ2) is 3.72. The summed E-state index contributed by atoms with van der Waals surface area (Å²) in [5.41, 5.74) is 2.06. The largest absolute Gasteiger partial charge is 0.373 e. The maximum atomic E-state index is 4.20. The number of anilines is 1. The van der Waals surface area contributed by atoms with Crippen molar-refractivity contribution in [3.05, 3.63) is 28.9 Å². The lowest BCUT2D eigenvalue weighted by molar-refractivity contribution is 1.25. The fourth-order valence-electron chi connectivity index (χ4n) is 0.964. The molecule has 0 aromatic carbocycles. The lowest BCUT2D eigenvalue weighted by Gasteiger charge is -2.07. The quantitative estimate of drug-likeness (QED) is 0.840. The van der Waals surface area contributed by atoms with E-state index in [1.165, 1.54) is 0 Å². The molecular formula is C9H11BrN2. The van der Waals surface area contributed by atoms with Crippen LogP contribution < -0.4 is 5.32 Å². The number of pyridine rings is 1. The van der Waals surface area contributed by atoms with Gasteiger partial charge in [-0.15, -0.1) is 0 Å². The molecule has 3 heteroatoms. The van der Waals surface area contributed by atoms with Gasteiger partial charge in [0.25, 0.3) is 0 Å². The fraction of sp³-hybridized carbons (Fsp3) is 0.222. The third-order valence-electron chi connectivity index (χ3n) is 1.55. The smallest absolute Gasteiger partial charge is 0.133 e. The molecule has 64 valence electrons. The molecule has 1 aromatic rings. The highest BCUT2D eigenvalue weighted by atomic mass is 79.9. The van der Waals surface area contributed by atoms with Gasteiger partial charge < -0.3 is 5.32 Å². The maximum absolute atomic E-state index is 4.20. The zero-order chi connectivity index (χ0) is 9.14. The van der Waals surface area contributed by atoms with E-state index in [0.717, 1.165) is 21.4 Å². The van der Waals surface area contributed by atoms with E-state index in [2.05, 4.69) is 32.8 Å². The standard InChI is InChI=1S/C9H11BrN2/c1-6(2)8-4-7(10)5-12-9(8)11-3/h4-5H,1H2,2-3H3,(H,11,12). The Balaban J connectivity index is 3.21. The number of aromatic nitrogens is 1. The molecule has 0 amide bonds. The minimum absolute atomic E-state index is 0.866. The van der Waals surface area contributed by atoms with Crippen LogP contribution in [0.2, 0.25) is 0 Å². The second-order valence-electron chi connectivity index (χ2n) is 2.58. The number of nitrogens with zero attached hydrogens (tertiary/aromatic N) is 1. The van der Waals surface area contributed by atoms with Crippen molar-refractivity contribution < 1.29 is 0 Å². The minimum Gasteiger partial charge on any atom is -0.373 e. The Kier molecular flexibility index (Phi) is 2.87. The van der Waals surface area contributed by atoms with Crippen LogP contribution in [0.5, 0.6) is 0 Å². The molecule has 0 aliphatic carbocycles. The summed E-state index contributed by atoms with van der Waals surface area (Å²) in [4.78, 5) is 4.20. The van der Waals surface area contributed by atoms with Crippen molar-refractivity contribution in [3.63, 3.8) is 0 Å². The third kappa shape index (κ3) is 1.85. The van der Waals surface area contributed by atoms with E-state index in [-0.39, 0.29) is 0 Å². The van der Waals surface area contributed by atoms with Gasteiger partial charge >= 0.3 is 0 Å². The van der Waals surface area contributed by atoms with Crippen LogP contribution >= 0.6 is 15.9 Å². The molecule has 0 atom stereocenters. The van der Waals surface area contributed by atoms with Crippen LogP contribution in [0.25, 0.3) is 5.57 Å². The lowest BCUT2D eigenvalue weighted by atomic mass is 10.1. The van der Waals surface area contributed by atoms with Crippen LogP contribution in [-0.4, -0.2) is 12.0 Å². The summed E-state index contributed by atoms with van der Waals surface area (Å²) in [6.45, 7) is 5.84. The molecule has 0 spiro atoms. The molecule has 1 rings (SSSR count). The van der Waals surface area contributed by atoms with Crippen molar-refractivity contribution in [2.45, 2.75) is 6.92 Å². The number of nitrogens with one attached hydrogen (secondary N) is 1. The Bertz CT molecular complexity index is 307. The topological polar surface area (TPSA) is 24.9 Å². The molecule has 12 heavy (non-hydrogen) atoms. The summed E-state index contributed by atoms with van der Waals surface area (Å²) in [6, 6.07) is 2.00.